The molecule has 2 heterocycles. The minimum Gasteiger partial charge on any atom is -0.379 e. The molecule has 0 amide bonds. The zero-order valence-corrected chi connectivity index (χ0v) is 9.63. The van der Waals surface area contributed by atoms with Gasteiger partial charge in [0.1, 0.15) is 5.82 Å². The van der Waals surface area contributed by atoms with Gasteiger partial charge in [-0.3, -0.25) is 0 Å². The third-order valence-corrected chi connectivity index (χ3v) is 3.28. The maximum atomic E-state index is 5.70. The van der Waals surface area contributed by atoms with Crippen LogP contribution in [0.2, 0.25) is 0 Å². The molecule has 0 aliphatic heterocycles. The molecule has 90 valence electrons. The fraction of sp³-hybridized carbons (Fsp3) is 0.600. The van der Waals surface area contributed by atoms with Gasteiger partial charge in [0.25, 0.3) is 0 Å². The summed E-state index contributed by atoms with van der Waals surface area (Å²) in [6, 6.07) is 0.441. The van der Waals surface area contributed by atoms with Crippen molar-refractivity contribution in [2.75, 3.05) is 5.73 Å². The van der Waals surface area contributed by atoms with E-state index in [0.717, 1.165) is 18.7 Å². The summed E-state index contributed by atoms with van der Waals surface area (Å²) in [5.41, 5.74) is 6.18. The Hall–Kier alpha value is -1.92. The van der Waals surface area contributed by atoms with Crippen LogP contribution >= 0.6 is 0 Å². The predicted octanol–water partition coefficient (Wildman–Crippen LogP) is 1.33. The van der Waals surface area contributed by atoms with Crippen LogP contribution in [0.25, 0.3) is 11.5 Å². The highest BCUT2D eigenvalue weighted by atomic mass is 16.6. The number of aryl methyl sites for hydroxylation is 1. The SMILES string of the molecule is Cc1nnc(-c2nonc2N)n1C1CCCC1. The minimum absolute atomic E-state index is 0.261. The van der Waals surface area contributed by atoms with E-state index >= 15 is 0 Å². The Bertz CT molecular complexity index is 525. The Kier molecular flexibility index (Phi) is 2.31. The van der Waals surface area contributed by atoms with Crippen molar-refractivity contribution in [2.45, 2.75) is 38.6 Å². The van der Waals surface area contributed by atoms with Gasteiger partial charge < -0.3 is 10.3 Å². The number of hydrogen-bond acceptors (Lipinski definition) is 6. The van der Waals surface area contributed by atoms with Crippen LogP contribution in [0, 0.1) is 6.92 Å². The highest BCUT2D eigenvalue weighted by Crippen LogP contribution is 2.34. The number of anilines is 1. The van der Waals surface area contributed by atoms with Crippen molar-refractivity contribution in [3.05, 3.63) is 5.82 Å². The lowest BCUT2D eigenvalue weighted by Crippen LogP contribution is -2.09. The number of rotatable bonds is 2. The van der Waals surface area contributed by atoms with Gasteiger partial charge in [0.15, 0.2) is 17.3 Å². The number of nitrogens with two attached hydrogens (primary N) is 1. The molecule has 2 aromatic heterocycles. The van der Waals surface area contributed by atoms with E-state index in [-0.39, 0.29) is 5.82 Å². The van der Waals surface area contributed by atoms with Crippen molar-refractivity contribution in [3.63, 3.8) is 0 Å². The summed E-state index contributed by atoms with van der Waals surface area (Å²) in [6.07, 6.45) is 4.79. The lowest BCUT2D eigenvalue weighted by Gasteiger charge is -2.14. The molecule has 17 heavy (non-hydrogen) atoms. The van der Waals surface area contributed by atoms with E-state index in [0.29, 0.717) is 17.6 Å². The fourth-order valence-corrected chi connectivity index (χ4v) is 2.48. The summed E-state index contributed by atoms with van der Waals surface area (Å²) in [5.74, 6) is 1.80. The summed E-state index contributed by atoms with van der Waals surface area (Å²) in [6.45, 7) is 1.94. The maximum absolute atomic E-state index is 5.70. The first-order chi connectivity index (χ1) is 8.27. The summed E-state index contributed by atoms with van der Waals surface area (Å²) in [5, 5.41) is 15.6. The number of nitrogens with zero attached hydrogens (tertiary/aromatic N) is 5. The van der Waals surface area contributed by atoms with Crippen molar-refractivity contribution >= 4 is 5.82 Å². The van der Waals surface area contributed by atoms with Crippen molar-refractivity contribution in [3.8, 4) is 11.5 Å². The Morgan fingerprint density at radius 2 is 2.00 bits per heavy atom. The van der Waals surface area contributed by atoms with Crippen LogP contribution in [0.3, 0.4) is 0 Å². The van der Waals surface area contributed by atoms with Crippen molar-refractivity contribution in [1.82, 2.24) is 25.1 Å². The standard InChI is InChI=1S/C10H14N6O/c1-6-12-13-10(8-9(11)15-17-14-8)16(6)7-4-2-3-5-7/h7H,2-5H2,1H3,(H2,11,15). The molecule has 0 unspecified atom stereocenters. The fourth-order valence-electron chi connectivity index (χ4n) is 2.48. The van der Waals surface area contributed by atoms with Gasteiger partial charge >= 0.3 is 0 Å². The van der Waals surface area contributed by atoms with Gasteiger partial charge in [-0.2, -0.15) is 0 Å². The highest BCUT2D eigenvalue weighted by Gasteiger charge is 2.25. The molecule has 1 saturated carbocycles. The molecule has 0 aromatic carbocycles. The molecule has 2 N–H and O–H groups in total. The largest absolute Gasteiger partial charge is 0.379 e. The lowest BCUT2D eigenvalue weighted by atomic mass is 10.2. The molecule has 7 heteroatoms. The summed E-state index contributed by atoms with van der Waals surface area (Å²) < 4.78 is 6.72. The molecular weight excluding hydrogens is 220 g/mol. The molecule has 0 saturated heterocycles. The van der Waals surface area contributed by atoms with Crippen LogP contribution in [0.4, 0.5) is 5.82 Å². The van der Waals surface area contributed by atoms with Crippen LogP contribution < -0.4 is 5.73 Å². The predicted molar refractivity (Wildman–Crippen MR) is 60.0 cm³/mol. The second-order valence-electron chi connectivity index (χ2n) is 4.38. The molecule has 2 aromatic rings. The first-order valence-electron chi connectivity index (χ1n) is 5.77. The molecule has 1 aliphatic rings. The number of hydrogen-bond donors (Lipinski definition) is 1. The third kappa shape index (κ3) is 1.58. The van der Waals surface area contributed by atoms with E-state index in [9.17, 15) is 0 Å². The Balaban J connectivity index is 2.08. The topological polar surface area (TPSA) is 95.7 Å². The molecule has 3 rings (SSSR count). The average molecular weight is 234 g/mol. The monoisotopic (exact) mass is 234 g/mol. The second kappa shape index (κ2) is 3.83. The number of nitrogen functional groups attached to an aromatic ring is 1. The highest BCUT2D eigenvalue weighted by molar-refractivity contribution is 5.62. The smallest absolute Gasteiger partial charge is 0.199 e. The van der Waals surface area contributed by atoms with Gasteiger partial charge in [0.2, 0.25) is 0 Å². The Morgan fingerprint density at radius 1 is 1.24 bits per heavy atom. The molecule has 0 spiro atoms. The molecule has 1 aliphatic carbocycles. The molecule has 1 fully saturated rings. The minimum atomic E-state index is 0.261. The van der Waals surface area contributed by atoms with E-state index in [1.54, 1.807) is 0 Å². The van der Waals surface area contributed by atoms with Crippen LogP contribution in [-0.2, 0) is 0 Å². The maximum Gasteiger partial charge on any atom is 0.199 e. The van der Waals surface area contributed by atoms with E-state index < -0.39 is 0 Å². The molecule has 0 radical (unpaired) electrons. The van der Waals surface area contributed by atoms with Crippen molar-refractivity contribution in [1.29, 1.82) is 0 Å². The van der Waals surface area contributed by atoms with Crippen molar-refractivity contribution in [2.24, 2.45) is 0 Å². The molecule has 0 bridgehead atoms. The first kappa shape index (κ1) is 10.2. The first-order valence-corrected chi connectivity index (χ1v) is 5.77. The second-order valence-corrected chi connectivity index (χ2v) is 4.38. The Labute approximate surface area is 98.0 Å². The molecule has 7 nitrogen and oxygen atoms in total. The van der Waals surface area contributed by atoms with Crippen LogP contribution in [0.1, 0.15) is 37.5 Å². The van der Waals surface area contributed by atoms with Crippen LogP contribution in [0.15, 0.2) is 4.63 Å². The van der Waals surface area contributed by atoms with Gasteiger partial charge in [0, 0.05) is 6.04 Å². The van der Waals surface area contributed by atoms with Crippen molar-refractivity contribution < 1.29 is 4.63 Å². The lowest BCUT2D eigenvalue weighted by molar-refractivity contribution is 0.310. The summed E-state index contributed by atoms with van der Waals surface area (Å²) in [7, 11) is 0. The zero-order chi connectivity index (χ0) is 11.8. The zero-order valence-electron chi connectivity index (χ0n) is 9.63. The number of aromatic nitrogens is 5. The average Bonchev–Trinajstić information content (AvgIpc) is 2.98. The van der Waals surface area contributed by atoms with E-state index in [1.807, 2.05) is 6.92 Å². The normalized spacial score (nSPS) is 16.8. The van der Waals surface area contributed by atoms with E-state index in [1.165, 1.54) is 12.8 Å². The van der Waals surface area contributed by atoms with Gasteiger partial charge in [-0.1, -0.05) is 12.8 Å². The molecular formula is C10H14N6O. The molecule has 0 atom stereocenters. The third-order valence-electron chi connectivity index (χ3n) is 3.28. The van der Waals surface area contributed by atoms with Gasteiger partial charge in [0.05, 0.1) is 0 Å². The summed E-state index contributed by atoms with van der Waals surface area (Å²) >= 11 is 0. The van der Waals surface area contributed by atoms with E-state index in [2.05, 4.69) is 29.7 Å². The Morgan fingerprint density at radius 3 is 2.65 bits per heavy atom. The van der Waals surface area contributed by atoms with Gasteiger partial charge in [-0.15, -0.1) is 10.2 Å². The quantitative estimate of drug-likeness (QED) is 0.842. The van der Waals surface area contributed by atoms with Crippen LogP contribution in [0.5, 0.6) is 0 Å². The van der Waals surface area contributed by atoms with Gasteiger partial charge in [-0.25, -0.2) is 4.63 Å². The van der Waals surface area contributed by atoms with E-state index in [4.69, 9.17) is 5.73 Å². The van der Waals surface area contributed by atoms with Crippen LogP contribution in [-0.4, -0.2) is 25.1 Å². The summed E-state index contributed by atoms with van der Waals surface area (Å²) in [4.78, 5) is 0. The van der Waals surface area contributed by atoms with Gasteiger partial charge in [-0.05, 0) is 30.1 Å².